The minimum Gasteiger partial charge on any atom is -0.356 e. The van der Waals surface area contributed by atoms with Crippen molar-refractivity contribution in [3.05, 3.63) is 11.9 Å². The third-order valence-corrected chi connectivity index (χ3v) is 3.29. The van der Waals surface area contributed by atoms with Crippen LogP contribution < -0.4 is 10.6 Å². The standard InChI is InChI=1S/C15H26N4O/c1-14(2,3)10-15(4,5)18-12(20)11-9-19-8-6-7-16-13(19)17-11/h9H,6-8,10H2,1-5H3,(H,16,17)(H,18,20). The second kappa shape index (κ2) is 5.11. The van der Waals surface area contributed by atoms with Crippen molar-refractivity contribution in [1.29, 1.82) is 0 Å². The molecule has 0 fully saturated rings. The maximum Gasteiger partial charge on any atom is 0.271 e. The van der Waals surface area contributed by atoms with Gasteiger partial charge in [0.1, 0.15) is 5.69 Å². The van der Waals surface area contributed by atoms with Crippen LogP contribution in [0.1, 0.15) is 57.9 Å². The Balaban J connectivity index is 2.06. The summed E-state index contributed by atoms with van der Waals surface area (Å²) in [6.45, 7) is 12.5. The van der Waals surface area contributed by atoms with Crippen LogP contribution in [0.15, 0.2) is 6.20 Å². The van der Waals surface area contributed by atoms with Crippen molar-refractivity contribution >= 4 is 11.9 Å². The molecule has 0 saturated carbocycles. The molecule has 5 heteroatoms. The van der Waals surface area contributed by atoms with Gasteiger partial charge in [0.05, 0.1) is 0 Å². The third kappa shape index (κ3) is 3.74. The Kier molecular flexibility index (Phi) is 3.80. The Labute approximate surface area is 121 Å². The zero-order valence-corrected chi connectivity index (χ0v) is 13.2. The number of amides is 1. The van der Waals surface area contributed by atoms with Gasteiger partial charge in [0, 0.05) is 24.8 Å². The van der Waals surface area contributed by atoms with Crippen molar-refractivity contribution < 1.29 is 4.79 Å². The normalized spacial score (nSPS) is 15.4. The van der Waals surface area contributed by atoms with Gasteiger partial charge in [-0.1, -0.05) is 20.8 Å². The van der Waals surface area contributed by atoms with E-state index < -0.39 is 0 Å². The first-order valence-electron chi connectivity index (χ1n) is 7.30. The van der Waals surface area contributed by atoms with Gasteiger partial charge in [0.25, 0.3) is 5.91 Å². The molecule has 2 heterocycles. The topological polar surface area (TPSA) is 59.0 Å². The number of nitrogens with zero attached hydrogens (tertiary/aromatic N) is 2. The average Bonchev–Trinajstić information content (AvgIpc) is 2.68. The summed E-state index contributed by atoms with van der Waals surface area (Å²) in [5.41, 5.74) is 0.426. The number of aromatic nitrogens is 2. The molecule has 112 valence electrons. The van der Waals surface area contributed by atoms with E-state index in [0.717, 1.165) is 31.9 Å². The molecular weight excluding hydrogens is 252 g/mol. The lowest BCUT2D eigenvalue weighted by atomic mass is 9.82. The monoisotopic (exact) mass is 278 g/mol. The van der Waals surface area contributed by atoms with Crippen molar-refractivity contribution in [3.8, 4) is 0 Å². The number of fused-ring (bicyclic) bond motifs is 1. The van der Waals surface area contributed by atoms with Crippen LogP contribution in [-0.2, 0) is 6.54 Å². The molecule has 20 heavy (non-hydrogen) atoms. The summed E-state index contributed by atoms with van der Waals surface area (Å²) in [5.74, 6) is 0.706. The summed E-state index contributed by atoms with van der Waals surface area (Å²) < 4.78 is 2.01. The second-order valence-electron chi connectivity index (χ2n) is 7.50. The minimum atomic E-state index is -0.243. The van der Waals surface area contributed by atoms with Crippen LogP contribution in [0, 0.1) is 5.41 Å². The van der Waals surface area contributed by atoms with E-state index in [1.807, 2.05) is 10.8 Å². The van der Waals surface area contributed by atoms with Gasteiger partial charge in [0.15, 0.2) is 0 Å². The maximum atomic E-state index is 12.3. The number of hydrogen-bond acceptors (Lipinski definition) is 3. The quantitative estimate of drug-likeness (QED) is 0.893. The van der Waals surface area contributed by atoms with Crippen LogP contribution in [0.5, 0.6) is 0 Å². The van der Waals surface area contributed by atoms with Gasteiger partial charge < -0.3 is 15.2 Å². The van der Waals surface area contributed by atoms with Crippen molar-refractivity contribution in [2.75, 3.05) is 11.9 Å². The van der Waals surface area contributed by atoms with Gasteiger partial charge in [-0.05, 0) is 32.1 Å². The minimum absolute atomic E-state index is 0.0945. The predicted molar refractivity (Wildman–Crippen MR) is 81.0 cm³/mol. The van der Waals surface area contributed by atoms with Crippen LogP contribution in [0.4, 0.5) is 5.95 Å². The third-order valence-electron chi connectivity index (χ3n) is 3.29. The molecule has 1 aromatic rings. The fourth-order valence-electron chi connectivity index (χ4n) is 3.03. The van der Waals surface area contributed by atoms with E-state index in [1.54, 1.807) is 0 Å². The summed E-state index contributed by atoms with van der Waals surface area (Å²) >= 11 is 0. The number of rotatable bonds is 3. The van der Waals surface area contributed by atoms with E-state index >= 15 is 0 Å². The zero-order chi connectivity index (χ0) is 15.0. The Hall–Kier alpha value is -1.52. The summed E-state index contributed by atoms with van der Waals surface area (Å²) in [6.07, 6.45) is 3.82. The van der Waals surface area contributed by atoms with E-state index in [2.05, 4.69) is 50.2 Å². The summed E-state index contributed by atoms with van der Waals surface area (Å²) in [7, 11) is 0. The Morgan fingerprint density at radius 1 is 1.40 bits per heavy atom. The molecule has 0 aliphatic carbocycles. The second-order valence-corrected chi connectivity index (χ2v) is 7.50. The van der Waals surface area contributed by atoms with Gasteiger partial charge in [-0.15, -0.1) is 0 Å². The molecule has 0 atom stereocenters. The molecule has 2 rings (SSSR count). The largest absolute Gasteiger partial charge is 0.356 e. The lowest BCUT2D eigenvalue weighted by Crippen LogP contribution is -2.45. The van der Waals surface area contributed by atoms with E-state index in [0.29, 0.717) is 5.69 Å². The predicted octanol–water partition coefficient (Wildman–Crippen LogP) is 2.64. The summed E-state index contributed by atoms with van der Waals surface area (Å²) in [4.78, 5) is 16.7. The van der Waals surface area contributed by atoms with Crippen molar-refractivity contribution in [2.45, 2.75) is 59.5 Å². The van der Waals surface area contributed by atoms with Crippen LogP contribution in [-0.4, -0.2) is 27.5 Å². The van der Waals surface area contributed by atoms with Gasteiger partial charge in [-0.2, -0.15) is 0 Å². The molecule has 1 aliphatic rings. The van der Waals surface area contributed by atoms with Crippen LogP contribution in [0.25, 0.3) is 0 Å². The van der Waals surface area contributed by atoms with E-state index in [1.165, 1.54) is 0 Å². The van der Waals surface area contributed by atoms with Crippen molar-refractivity contribution in [1.82, 2.24) is 14.9 Å². The average molecular weight is 278 g/mol. The summed E-state index contributed by atoms with van der Waals surface area (Å²) in [5, 5.41) is 6.31. The Bertz CT molecular complexity index is 473. The van der Waals surface area contributed by atoms with Crippen molar-refractivity contribution in [3.63, 3.8) is 0 Å². The maximum absolute atomic E-state index is 12.3. The Morgan fingerprint density at radius 2 is 2.10 bits per heavy atom. The molecular formula is C15H26N4O. The van der Waals surface area contributed by atoms with Crippen LogP contribution in [0.3, 0.4) is 0 Å². The van der Waals surface area contributed by atoms with Gasteiger partial charge in [-0.3, -0.25) is 4.79 Å². The molecule has 0 bridgehead atoms. The molecule has 1 aromatic heterocycles. The number of carbonyl (C=O) groups is 1. The first-order valence-corrected chi connectivity index (χ1v) is 7.30. The number of carbonyl (C=O) groups excluding carboxylic acids is 1. The molecule has 5 nitrogen and oxygen atoms in total. The number of nitrogens with one attached hydrogen (secondary N) is 2. The lowest BCUT2D eigenvalue weighted by Gasteiger charge is -2.33. The highest BCUT2D eigenvalue weighted by molar-refractivity contribution is 5.93. The fraction of sp³-hybridized carbons (Fsp3) is 0.733. The van der Waals surface area contributed by atoms with Crippen molar-refractivity contribution in [2.24, 2.45) is 5.41 Å². The zero-order valence-electron chi connectivity index (χ0n) is 13.2. The van der Waals surface area contributed by atoms with Gasteiger partial charge in [-0.25, -0.2) is 4.98 Å². The molecule has 2 N–H and O–H groups in total. The van der Waals surface area contributed by atoms with Crippen LogP contribution >= 0.6 is 0 Å². The molecule has 0 saturated heterocycles. The molecule has 1 amide bonds. The first kappa shape index (κ1) is 14.9. The number of aryl methyl sites for hydroxylation is 1. The van der Waals surface area contributed by atoms with E-state index in [9.17, 15) is 4.79 Å². The highest BCUT2D eigenvalue weighted by Gasteiger charge is 2.28. The highest BCUT2D eigenvalue weighted by Crippen LogP contribution is 2.27. The number of imidazole rings is 1. The lowest BCUT2D eigenvalue weighted by molar-refractivity contribution is 0.0886. The first-order chi connectivity index (χ1) is 9.16. The molecule has 0 aromatic carbocycles. The Morgan fingerprint density at radius 3 is 2.70 bits per heavy atom. The molecule has 0 unspecified atom stereocenters. The SMILES string of the molecule is CC(C)(C)CC(C)(C)NC(=O)c1cn2c(n1)NCCC2. The molecule has 0 spiro atoms. The van der Waals surface area contributed by atoms with E-state index in [-0.39, 0.29) is 16.9 Å². The number of hydrogen-bond donors (Lipinski definition) is 2. The summed E-state index contributed by atoms with van der Waals surface area (Å²) in [6, 6.07) is 0. The van der Waals surface area contributed by atoms with E-state index in [4.69, 9.17) is 0 Å². The van der Waals surface area contributed by atoms with Crippen LogP contribution in [0.2, 0.25) is 0 Å². The smallest absolute Gasteiger partial charge is 0.271 e. The van der Waals surface area contributed by atoms with Gasteiger partial charge >= 0.3 is 0 Å². The molecule has 1 aliphatic heterocycles. The fourth-order valence-corrected chi connectivity index (χ4v) is 3.03. The number of anilines is 1. The molecule has 0 radical (unpaired) electrons. The highest BCUT2D eigenvalue weighted by atomic mass is 16.2. The van der Waals surface area contributed by atoms with Gasteiger partial charge in [0.2, 0.25) is 5.95 Å².